The molecule has 5 rings (SSSR count). The highest BCUT2D eigenvalue weighted by Gasteiger charge is 2.18. The van der Waals surface area contributed by atoms with Crippen molar-refractivity contribution < 1.29 is 9.90 Å². The van der Waals surface area contributed by atoms with Crippen LogP contribution in [0.15, 0.2) is 78.9 Å². The minimum Gasteiger partial charge on any atom is -0.478 e. The van der Waals surface area contributed by atoms with Crippen LogP contribution in [0.4, 0.5) is 5.82 Å². The summed E-state index contributed by atoms with van der Waals surface area (Å²) in [6.07, 6.45) is 2.88. The maximum absolute atomic E-state index is 11.6. The fraction of sp³-hybridized carbons (Fsp3) is 0.172. The molecule has 0 fully saturated rings. The van der Waals surface area contributed by atoms with E-state index in [-0.39, 0.29) is 5.56 Å². The van der Waals surface area contributed by atoms with E-state index in [4.69, 9.17) is 15.7 Å². The highest BCUT2D eigenvalue weighted by atomic mass is 16.4. The number of hydrogen-bond donors (Lipinski definition) is 2. The molecule has 3 aromatic carbocycles. The maximum atomic E-state index is 11.6. The van der Waals surface area contributed by atoms with Gasteiger partial charge in [-0.1, -0.05) is 86.1 Å². The zero-order valence-electron chi connectivity index (χ0n) is 20.1. The number of carbonyl (C=O) groups is 1. The SMILES string of the molecule is CCCCc1nc2c(N)nc(-c3ccccc3)nc2n1Cc1ccc(-c2ccccc2C(=O)O)cc1. The Morgan fingerprint density at radius 1 is 0.889 bits per heavy atom. The Morgan fingerprint density at radius 3 is 2.33 bits per heavy atom. The number of nitrogens with two attached hydrogens (primary N) is 1. The molecule has 2 aromatic heterocycles. The lowest BCUT2D eigenvalue weighted by Gasteiger charge is -2.11. The summed E-state index contributed by atoms with van der Waals surface area (Å²) < 4.78 is 2.12. The highest BCUT2D eigenvalue weighted by Crippen LogP contribution is 2.27. The second kappa shape index (κ2) is 10.00. The molecule has 0 amide bonds. The van der Waals surface area contributed by atoms with Crippen molar-refractivity contribution in [3.8, 4) is 22.5 Å². The van der Waals surface area contributed by atoms with E-state index in [0.29, 0.717) is 34.9 Å². The zero-order valence-corrected chi connectivity index (χ0v) is 20.1. The topological polar surface area (TPSA) is 107 Å². The van der Waals surface area contributed by atoms with E-state index in [9.17, 15) is 9.90 Å². The van der Waals surface area contributed by atoms with Crippen LogP contribution >= 0.6 is 0 Å². The first-order valence-electron chi connectivity index (χ1n) is 12.0. The number of nitrogens with zero attached hydrogens (tertiary/aromatic N) is 4. The summed E-state index contributed by atoms with van der Waals surface area (Å²) in [7, 11) is 0. The Labute approximate surface area is 209 Å². The van der Waals surface area contributed by atoms with Gasteiger partial charge in [0, 0.05) is 12.0 Å². The van der Waals surface area contributed by atoms with Gasteiger partial charge in [0.25, 0.3) is 0 Å². The Hall–Kier alpha value is -4.52. The molecule has 180 valence electrons. The molecule has 0 radical (unpaired) electrons. The predicted octanol–water partition coefficient (Wildman–Crippen LogP) is 5.83. The zero-order chi connectivity index (χ0) is 25.1. The molecule has 0 unspecified atom stereocenters. The molecule has 7 heteroatoms. The molecule has 0 atom stereocenters. The molecule has 0 spiro atoms. The van der Waals surface area contributed by atoms with E-state index in [1.807, 2.05) is 66.7 Å². The van der Waals surface area contributed by atoms with Crippen LogP contribution in [0.25, 0.3) is 33.7 Å². The number of rotatable bonds is 8. The van der Waals surface area contributed by atoms with Crippen molar-refractivity contribution in [2.75, 3.05) is 5.73 Å². The first-order valence-corrected chi connectivity index (χ1v) is 12.0. The van der Waals surface area contributed by atoms with Crippen LogP contribution in [0.5, 0.6) is 0 Å². The Morgan fingerprint density at radius 2 is 1.61 bits per heavy atom. The van der Waals surface area contributed by atoms with E-state index in [1.165, 1.54) is 0 Å². The van der Waals surface area contributed by atoms with Gasteiger partial charge in [0.2, 0.25) is 0 Å². The molecule has 5 aromatic rings. The molecular weight excluding hydrogens is 450 g/mol. The number of unbranched alkanes of at least 4 members (excludes halogenated alkanes) is 1. The summed E-state index contributed by atoms with van der Waals surface area (Å²) in [5.74, 6) is 0.936. The summed E-state index contributed by atoms with van der Waals surface area (Å²) >= 11 is 0. The van der Waals surface area contributed by atoms with Crippen molar-refractivity contribution in [3.63, 3.8) is 0 Å². The Bertz CT molecular complexity index is 1530. The normalized spacial score (nSPS) is 11.1. The van der Waals surface area contributed by atoms with Crippen LogP contribution in [0.2, 0.25) is 0 Å². The monoisotopic (exact) mass is 477 g/mol. The summed E-state index contributed by atoms with van der Waals surface area (Å²) in [5.41, 5.74) is 11.5. The van der Waals surface area contributed by atoms with Gasteiger partial charge in [0.05, 0.1) is 12.1 Å². The van der Waals surface area contributed by atoms with Crippen LogP contribution in [0.1, 0.15) is 41.5 Å². The number of carboxylic acid groups (broad SMARTS) is 1. The lowest BCUT2D eigenvalue weighted by Crippen LogP contribution is -2.07. The third-order valence-electron chi connectivity index (χ3n) is 6.25. The fourth-order valence-electron chi connectivity index (χ4n) is 4.37. The smallest absolute Gasteiger partial charge is 0.336 e. The van der Waals surface area contributed by atoms with Crippen molar-refractivity contribution in [3.05, 3.63) is 95.8 Å². The lowest BCUT2D eigenvalue weighted by atomic mass is 9.99. The van der Waals surface area contributed by atoms with Crippen LogP contribution in [-0.2, 0) is 13.0 Å². The van der Waals surface area contributed by atoms with E-state index in [2.05, 4.69) is 16.5 Å². The minimum absolute atomic E-state index is 0.285. The van der Waals surface area contributed by atoms with E-state index < -0.39 is 5.97 Å². The number of aromatic nitrogens is 4. The average Bonchev–Trinajstić information content (AvgIpc) is 3.26. The first-order chi connectivity index (χ1) is 17.5. The van der Waals surface area contributed by atoms with Crippen molar-refractivity contribution >= 4 is 23.0 Å². The largest absolute Gasteiger partial charge is 0.478 e. The van der Waals surface area contributed by atoms with E-state index >= 15 is 0 Å². The van der Waals surface area contributed by atoms with Gasteiger partial charge in [0.15, 0.2) is 22.8 Å². The van der Waals surface area contributed by atoms with Crippen LogP contribution in [0.3, 0.4) is 0 Å². The molecule has 3 N–H and O–H groups in total. The Kier molecular flexibility index (Phi) is 6.45. The molecule has 36 heavy (non-hydrogen) atoms. The number of aromatic carboxylic acids is 1. The third kappa shape index (κ3) is 4.55. The number of benzene rings is 3. The average molecular weight is 478 g/mol. The van der Waals surface area contributed by atoms with Crippen molar-refractivity contribution in [1.29, 1.82) is 0 Å². The van der Waals surface area contributed by atoms with Crippen molar-refractivity contribution in [1.82, 2.24) is 19.5 Å². The van der Waals surface area contributed by atoms with E-state index in [0.717, 1.165) is 41.8 Å². The van der Waals surface area contributed by atoms with Gasteiger partial charge in [-0.3, -0.25) is 0 Å². The molecule has 0 saturated carbocycles. The van der Waals surface area contributed by atoms with Gasteiger partial charge < -0.3 is 15.4 Å². The standard InChI is InChI=1S/C29H27N5O2/c1-2-3-13-24-31-25-26(30)32-27(21-9-5-4-6-10-21)33-28(25)34(24)18-19-14-16-20(17-15-19)22-11-7-8-12-23(22)29(35)36/h4-12,14-17H,2-3,13,18H2,1H3,(H,35,36)(H2,30,32,33). The number of imidazole rings is 1. The van der Waals surface area contributed by atoms with Crippen LogP contribution in [0, 0.1) is 0 Å². The lowest BCUT2D eigenvalue weighted by molar-refractivity contribution is 0.0697. The van der Waals surface area contributed by atoms with Gasteiger partial charge in [0.1, 0.15) is 5.82 Å². The number of fused-ring (bicyclic) bond motifs is 1. The van der Waals surface area contributed by atoms with Gasteiger partial charge in [-0.2, -0.15) is 0 Å². The van der Waals surface area contributed by atoms with Gasteiger partial charge >= 0.3 is 5.97 Å². The highest BCUT2D eigenvalue weighted by molar-refractivity contribution is 5.96. The Balaban J connectivity index is 1.55. The second-order valence-electron chi connectivity index (χ2n) is 8.74. The quantitative estimate of drug-likeness (QED) is 0.291. The van der Waals surface area contributed by atoms with Crippen LogP contribution < -0.4 is 5.73 Å². The van der Waals surface area contributed by atoms with Gasteiger partial charge in [-0.25, -0.2) is 19.7 Å². The van der Waals surface area contributed by atoms with Gasteiger partial charge in [-0.05, 0) is 29.2 Å². The molecule has 2 heterocycles. The number of anilines is 1. The number of nitrogen functional groups attached to an aromatic ring is 1. The summed E-state index contributed by atoms with van der Waals surface area (Å²) in [6, 6.07) is 24.8. The molecular formula is C29H27N5O2. The molecule has 0 bridgehead atoms. The van der Waals surface area contributed by atoms with Crippen molar-refractivity contribution in [2.45, 2.75) is 32.7 Å². The summed E-state index contributed by atoms with van der Waals surface area (Å²) in [4.78, 5) is 25.9. The van der Waals surface area contributed by atoms with E-state index in [1.54, 1.807) is 12.1 Å². The predicted molar refractivity (Wildman–Crippen MR) is 142 cm³/mol. The summed E-state index contributed by atoms with van der Waals surface area (Å²) in [6.45, 7) is 2.73. The number of hydrogen-bond acceptors (Lipinski definition) is 5. The summed E-state index contributed by atoms with van der Waals surface area (Å²) in [5, 5.41) is 9.55. The molecule has 0 saturated heterocycles. The molecule has 0 aliphatic carbocycles. The maximum Gasteiger partial charge on any atom is 0.336 e. The fourth-order valence-corrected chi connectivity index (χ4v) is 4.37. The van der Waals surface area contributed by atoms with Gasteiger partial charge in [-0.15, -0.1) is 0 Å². The minimum atomic E-state index is -0.938. The number of aryl methyl sites for hydroxylation is 1. The first kappa shape index (κ1) is 23.2. The molecule has 0 aliphatic rings. The van der Waals surface area contributed by atoms with Crippen LogP contribution in [-0.4, -0.2) is 30.6 Å². The second-order valence-corrected chi connectivity index (χ2v) is 8.74. The molecule has 0 aliphatic heterocycles. The molecule has 7 nitrogen and oxygen atoms in total. The third-order valence-corrected chi connectivity index (χ3v) is 6.25. The van der Waals surface area contributed by atoms with Crippen molar-refractivity contribution in [2.24, 2.45) is 0 Å². The number of carboxylic acids is 1.